The Labute approximate surface area is 153 Å². The van der Waals surface area contributed by atoms with Gasteiger partial charge in [-0.1, -0.05) is 45.2 Å². The number of ether oxygens (including phenoxy) is 1. The number of hydrogen-bond acceptors (Lipinski definition) is 5. The van der Waals surface area contributed by atoms with Crippen LogP contribution in [0.3, 0.4) is 0 Å². The minimum Gasteiger partial charge on any atom is -0.470 e. The normalized spacial score (nSPS) is 26.0. The molecule has 0 amide bonds. The minimum atomic E-state index is -0.0894. The zero-order valence-corrected chi connectivity index (χ0v) is 16.7. The minimum absolute atomic E-state index is 0.0894. The molecule has 2 rings (SSSR count). The molecule has 0 aliphatic carbocycles. The highest BCUT2D eigenvalue weighted by Gasteiger charge is 2.40. The van der Waals surface area contributed by atoms with Crippen molar-refractivity contribution in [1.82, 2.24) is 4.90 Å². The third-order valence-corrected chi connectivity index (χ3v) is 6.12. The van der Waals surface area contributed by atoms with Crippen LogP contribution in [0.15, 0.2) is 5.16 Å². The van der Waals surface area contributed by atoms with Crippen LogP contribution in [0.4, 0.5) is 0 Å². The van der Waals surface area contributed by atoms with Crippen LogP contribution in [0.1, 0.15) is 65.7 Å². The lowest BCUT2D eigenvalue weighted by Gasteiger charge is -2.39. The van der Waals surface area contributed by atoms with Gasteiger partial charge in [-0.3, -0.25) is 4.90 Å². The van der Waals surface area contributed by atoms with Crippen molar-refractivity contribution in [1.29, 1.82) is 0 Å². The van der Waals surface area contributed by atoms with Gasteiger partial charge < -0.3 is 9.57 Å². The highest BCUT2D eigenvalue weighted by Crippen LogP contribution is 2.37. The molecule has 0 aromatic heterocycles. The number of likely N-dealkylation sites (tertiary alicyclic amines) is 1. The number of oxime groups is 1. The standard InChI is InChI=1S/C19H36N2O2S/c1-4-9-19(15-24,12-16(3)5-2)18-20-22-14-17(23-18)13-21-10-7-6-8-11-21/h16-17,24H,4-15H2,1-3H3. The second kappa shape index (κ2) is 9.91. The zero-order chi connectivity index (χ0) is 17.4. The molecule has 5 heteroatoms. The molecule has 1 fully saturated rings. The van der Waals surface area contributed by atoms with Crippen LogP contribution in [-0.4, -0.2) is 48.9 Å². The predicted molar refractivity (Wildman–Crippen MR) is 104 cm³/mol. The molecule has 0 spiro atoms. The van der Waals surface area contributed by atoms with Crippen molar-refractivity contribution in [2.24, 2.45) is 16.5 Å². The van der Waals surface area contributed by atoms with Crippen LogP contribution in [0.5, 0.6) is 0 Å². The van der Waals surface area contributed by atoms with E-state index in [1.54, 1.807) is 0 Å². The average molecular weight is 357 g/mol. The van der Waals surface area contributed by atoms with Crippen LogP contribution in [0.2, 0.25) is 0 Å². The highest BCUT2D eigenvalue weighted by molar-refractivity contribution is 7.80. The van der Waals surface area contributed by atoms with Gasteiger partial charge in [0.2, 0.25) is 5.90 Å². The summed E-state index contributed by atoms with van der Waals surface area (Å²) in [6.07, 6.45) is 8.47. The van der Waals surface area contributed by atoms with Crippen LogP contribution in [0.25, 0.3) is 0 Å². The molecule has 0 radical (unpaired) electrons. The van der Waals surface area contributed by atoms with E-state index in [-0.39, 0.29) is 11.5 Å². The fourth-order valence-corrected chi connectivity index (χ4v) is 4.35. The largest absolute Gasteiger partial charge is 0.470 e. The first kappa shape index (κ1) is 19.9. The van der Waals surface area contributed by atoms with E-state index in [0.717, 1.165) is 37.5 Å². The number of rotatable bonds is 9. The van der Waals surface area contributed by atoms with Gasteiger partial charge in [0.05, 0.1) is 5.41 Å². The van der Waals surface area contributed by atoms with E-state index < -0.39 is 0 Å². The van der Waals surface area contributed by atoms with E-state index in [0.29, 0.717) is 12.5 Å². The number of piperidine rings is 1. The van der Waals surface area contributed by atoms with E-state index in [4.69, 9.17) is 22.2 Å². The van der Waals surface area contributed by atoms with E-state index in [2.05, 4.69) is 30.8 Å². The van der Waals surface area contributed by atoms with Gasteiger partial charge in [-0.15, -0.1) is 0 Å². The molecule has 3 atom stereocenters. The lowest BCUT2D eigenvalue weighted by atomic mass is 9.76. The topological polar surface area (TPSA) is 34.1 Å². The maximum Gasteiger partial charge on any atom is 0.233 e. The third-order valence-electron chi connectivity index (χ3n) is 5.52. The molecule has 140 valence electrons. The lowest BCUT2D eigenvalue weighted by molar-refractivity contribution is -0.0225. The Bertz CT molecular complexity index is 399. The molecule has 1 saturated heterocycles. The predicted octanol–water partition coefficient (Wildman–Crippen LogP) is 4.35. The van der Waals surface area contributed by atoms with E-state index in [1.165, 1.54) is 38.8 Å². The van der Waals surface area contributed by atoms with Gasteiger partial charge in [-0.2, -0.15) is 12.6 Å². The third kappa shape index (κ3) is 5.29. The molecule has 2 aliphatic rings. The first-order chi connectivity index (χ1) is 11.6. The van der Waals surface area contributed by atoms with Gasteiger partial charge in [0.15, 0.2) is 6.61 Å². The maximum atomic E-state index is 6.38. The molecule has 0 N–H and O–H groups in total. The van der Waals surface area contributed by atoms with Gasteiger partial charge in [-0.25, -0.2) is 0 Å². The lowest BCUT2D eigenvalue weighted by Crippen LogP contribution is -2.46. The van der Waals surface area contributed by atoms with Crippen molar-refractivity contribution in [3.63, 3.8) is 0 Å². The Balaban J connectivity index is 2.03. The summed E-state index contributed by atoms with van der Waals surface area (Å²) in [4.78, 5) is 8.12. The van der Waals surface area contributed by atoms with Gasteiger partial charge >= 0.3 is 0 Å². The van der Waals surface area contributed by atoms with Crippen LogP contribution in [-0.2, 0) is 9.57 Å². The van der Waals surface area contributed by atoms with E-state index in [9.17, 15) is 0 Å². The van der Waals surface area contributed by atoms with E-state index in [1.807, 2.05) is 0 Å². The number of nitrogens with zero attached hydrogens (tertiary/aromatic N) is 2. The summed E-state index contributed by atoms with van der Waals surface area (Å²) in [6.45, 7) is 10.7. The van der Waals surface area contributed by atoms with E-state index >= 15 is 0 Å². The van der Waals surface area contributed by atoms with Gasteiger partial charge in [-0.05, 0) is 44.7 Å². The quantitative estimate of drug-likeness (QED) is 0.624. The second-order valence-corrected chi connectivity index (χ2v) is 8.02. The molecule has 2 aliphatic heterocycles. The monoisotopic (exact) mass is 356 g/mol. The molecule has 2 heterocycles. The Kier molecular flexibility index (Phi) is 8.21. The average Bonchev–Trinajstić information content (AvgIpc) is 2.62. The molecule has 3 unspecified atom stereocenters. The smallest absolute Gasteiger partial charge is 0.233 e. The summed E-state index contributed by atoms with van der Waals surface area (Å²) >= 11 is 4.69. The Morgan fingerprint density at radius 1 is 1.29 bits per heavy atom. The fraction of sp³-hybridized carbons (Fsp3) is 0.947. The first-order valence-corrected chi connectivity index (χ1v) is 10.5. The Morgan fingerprint density at radius 3 is 2.67 bits per heavy atom. The molecular weight excluding hydrogens is 320 g/mol. The van der Waals surface area contributed by atoms with Crippen molar-refractivity contribution in [2.75, 3.05) is 32.0 Å². The zero-order valence-electron chi connectivity index (χ0n) is 15.8. The van der Waals surface area contributed by atoms with Gasteiger partial charge in [0.1, 0.15) is 6.10 Å². The summed E-state index contributed by atoms with van der Waals surface area (Å²) in [5.74, 6) is 2.20. The molecule has 0 bridgehead atoms. The van der Waals surface area contributed by atoms with Crippen molar-refractivity contribution in [2.45, 2.75) is 71.8 Å². The molecular formula is C19H36N2O2S. The first-order valence-electron chi connectivity index (χ1n) is 9.83. The van der Waals surface area contributed by atoms with Crippen LogP contribution in [0, 0.1) is 11.3 Å². The maximum absolute atomic E-state index is 6.38. The molecule has 4 nitrogen and oxygen atoms in total. The number of thiol groups is 1. The Hall–Kier alpha value is -0.420. The molecule has 0 aromatic carbocycles. The second-order valence-electron chi connectivity index (χ2n) is 7.70. The molecule has 24 heavy (non-hydrogen) atoms. The van der Waals surface area contributed by atoms with Crippen molar-refractivity contribution in [3.8, 4) is 0 Å². The van der Waals surface area contributed by atoms with Gasteiger partial charge in [0.25, 0.3) is 0 Å². The molecule has 0 saturated carbocycles. The summed E-state index contributed by atoms with van der Waals surface area (Å²) in [5.41, 5.74) is -0.0894. The summed E-state index contributed by atoms with van der Waals surface area (Å²) in [5, 5.41) is 4.35. The van der Waals surface area contributed by atoms with Crippen LogP contribution >= 0.6 is 12.6 Å². The van der Waals surface area contributed by atoms with Crippen molar-refractivity contribution < 1.29 is 9.57 Å². The van der Waals surface area contributed by atoms with Crippen LogP contribution < -0.4 is 0 Å². The number of hydrogen-bond donors (Lipinski definition) is 1. The summed E-state index contributed by atoms with van der Waals surface area (Å²) < 4.78 is 6.38. The van der Waals surface area contributed by atoms with Crippen molar-refractivity contribution >= 4 is 18.5 Å². The summed E-state index contributed by atoms with van der Waals surface area (Å²) in [6, 6.07) is 0. The fourth-order valence-electron chi connectivity index (χ4n) is 3.93. The highest BCUT2D eigenvalue weighted by atomic mass is 32.1. The SMILES string of the molecule is CCCC(CS)(CC(C)CC)C1=NOCC(CN2CCCCC2)O1. The van der Waals surface area contributed by atoms with Gasteiger partial charge in [0, 0.05) is 12.3 Å². The Morgan fingerprint density at radius 2 is 2.04 bits per heavy atom. The van der Waals surface area contributed by atoms with Crippen molar-refractivity contribution in [3.05, 3.63) is 0 Å². The summed E-state index contributed by atoms with van der Waals surface area (Å²) in [7, 11) is 0. The molecule has 0 aromatic rings.